The summed E-state index contributed by atoms with van der Waals surface area (Å²) in [6.45, 7) is 1.40. The predicted octanol–water partition coefficient (Wildman–Crippen LogP) is 2.06. The second-order valence-corrected chi connectivity index (χ2v) is 6.62. The molecule has 0 saturated carbocycles. The van der Waals surface area contributed by atoms with Crippen LogP contribution in [0.2, 0.25) is 0 Å². The van der Waals surface area contributed by atoms with Gasteiger partial charge in [0.05, 0.1) is 24.5 Å². The van der Waals surface area contributed by atoms with E-state index in [1.165, 1.54) is 17.8 Å². The first-order chi connectivity index (χ1) is 13.6. The van der Waals surface area contributed by atoms with Gasteiger partial charge >= 0.3 is 0 Å². The number of piperidine rings is 1. The monoisotopic (exact) mass is 417 g/mol. The predicted molar refractivity (Wildman–Crippen MR) is 112 cm³/mol. The number of hydrogen-bond donors (Lipinski definition) is 3. The van der Waals surface area contributed by atoms with Crippen molar-refractivity contribution in [1.29, 1.82) is 0 Å². The minimum absolute atomic E-state index is 0. The third-order valence-corrected chi connectivity index (χ3v) is 4.51. The largest absolute Gasteiger partial charge is 0.364 e. The Morgan fingerprint density at radius 3 is 2.69 bits per heavy atom. The Hall–Kier alpha value is -2.97. The SMILES string of the molecule is Cl.O=C(/C=C/c1cnc(N[C@@H]2CCCN(C(=O)Cc3ccccc3)C2)cn1)NO. The highest BCUT2D eigenvalue weighted by atomic mass is 35.5. The van der Waals surface area contributed by atoms with Gasteiger partial charge in [0.25, 0.3) is 5.91 Å². The Bertz CT molecular complexity index is 830. The molecule has 1 aliphatic rings. The van der Waals surface area contributed by atoms with E-state index in [0.29, 0.717) is 24.5 Å². The molecule has 0 radical (unpaired) electrons. The molecule has 154 valence electrons. The van der Waals surface area contributed by atoms with Gasteiger partial charge in [-0.15, -0.1) is 12.4 Å². The van der Waals surface area contributed by atoms with Gasteiger partial charge in [0.15, 0.2) is 0 Å². The molecule has 2 heterocycles. The maximum atomic E-state index is 12.6. The lowest BCUT2D eigenvalue weighted by atomic mass is 10.0. The number of hydrogen-bond acceptors (Lipinski definition) is 6. The van der Waals surface area contributed by atoms with E-state index in [-0.39, 0.29) is 24.4 Å². The van der Waals surface area contributed by atoms with Crippen LogP contribution in [0.25, 0.3) is 6.08 Å². The molecule has 1 atom stereocenters. The van der Waals surface area contributed by atoms with Gasteiger partial charge in [0.2, 0.25) is 5.91 Å². The number of nitrogens with zero attached hydrogens (tertiary/aromatic N) is 3. The van der Waals surface area contributed by atoms with Crippen molar-refractivity contribution in [3.05, 3.63) is 60.1 Å². The summed E-state index contributed by atoms with van der Waals surface area (Å²) in [6.07, 6.45) is 8.03. The van der Waals surface area contributed by atoms with Gasteiger partial charge in [0.1, 0.15) is 5.82 Å². The summed E-state index contributed by atoms with van der Waals surface area (Å²) in [6, 6.07) is 9.87. The van der Waals surface area contributed by atoms with Crippen LogP contribution in [-0.2, 0) is 16.0 Å². The number of anilines is 1. The van der Waals surface area contributed by atoms with Crippen LogP contribution in [0, 0.1) is 0 Å². The summed E-state index contributed by atoms with van der Waals surface area (Å²) in [4.78, 5) is 33.9. The van der Waals surface area contributed by atoms with E-state index < -0.39 is 5.91 Å². The molecule has 3 N–H and O–H groups in total. The highest BCUT2D eigenvalue weighted by molar-refractivity contribution is 5.90. The third kappa shape index (κ3) is 6.85. The number of aromatic nitrogens is 2. The molecule has 9 heteroatoms. The van der Waals surface area contributed by atoms with E-state index in [2.05, 4.69) is 15.3 Å². The van der Waals surface area contributed by atoms with Crippen LogP contribution in [0.3, 0.4) is 0 Å². The number of amides is 2. The molecular formula is C20H24ClN5O3. The molecule has 0 bridgehead atoms. The molecule has 0 unspecified atom stereocenters. The van der Waals surface area contributed by atoms with E-state index >= 15 is 0 Å². The van der Waals surface area contributed by atoms with Crippen molar-refractivity contribution < 1.29 is 14.8 Å². The van der Waals surface area contributed by atoms with Crippen molar-refractivity contribution in [2.24, 2.45) is 0 Å². The molecule has 1 aromatic carbocycles. The summed E-state index contributed by atoms with van der Waals surface area (Å²) in [5, 5.41) is 11.8. The van der Waals surface area contributed by atoms with Crippen molar-refractivity contribution in [2.75, 3.05) is 18.4 Å². The Labute approximate surface area is 175 Å². The van der Waals surface area contributed by atoms with E-state index in [0.717, 1.165) is 31.0 Å². The van der Waals surface area contributed by atoms with Gasteiger partial charge in [-0.25, -0.2) is 10.5 Å². The van der Waals surface area contributed by atoms with Crippen molar-refractivity contribution in [3.8, 4) is 0 Å². The van der Waals surface area contributed by atoms with Crippen LogP contribution in [0.5, 0.6) is 0 Å². The lowest BCUT2D eigenvalue weighted by molar-refractivity contribution is -0.131. The van der Waals surface area contributed by atoms with Gasteiger partial charge in [0, 0.05) is 25.2 Å². The van der Waals surface area contributed by atoms with E-state index in [4.69, 9.17) is 5.21 Å². The highest BCUT2D eigenvalue weighted by Crippen LogP contribution is 2.16. The Morgan fingerprint density at radius 2 is 2.00 bits per heavy atom. The van der Waals surface area contributed by atoms with Crippen molar-refractivity contribution in [2.45, 2.75) is 25.3 Å². The van der Waals surface area contributed by atoms with Gasteiger partial charge < -0.3 is 10.2 Å². The van der Waals surface area contributed by atoms with Crippen LogP contribution in [0.4, 0.5) is 5.82 Å². The number of nitrogens with one attached hydrogen (secondary N) is 2. The van der Waals surface area contributed by atoms with Crippen molar-refractivity contribution >= 4 is 36.1 Å². The van der Waals surface area contributed by atoms with Crippen LogP contribution >= 0.6 is 12.4 Å². The Kier molecular flexibility index (Phi) is 8.57. The number of hydroxylamine groups is 1. The number of rotatable bonds is 6. The molecule has 29 heavy (non-hydrogen) atoms. The van der Waals surface area contributed by atoms with Crippen molar-refractivity contribution in [3.63, 3.8) is 0 Å². The van der Waals surface area contributed by atoms with Crippen LogP contribution in [-0.4, -0.2) is 51.0 Å². The van der Waals surface area contributed by atoms with Crippen LogP contribution < -0.4 is 10.8 Å². The second-order valence-electron chi connectivity index (χ2n) is 6.62. The first-order valence-corrected chi connectivity index (χ1v) is 9.16. The fraction of sp³-hybridized carbons (Fsp3) is 0.300. The van der Waals surface area contributed by atoms with E-state index in [9.17, 15) is 9.59 Å². The Morgan fingerprint density at radius 1 is 1.21 bits per heavy atom. The molecule has 0 aliphatic carbocycles. The minimum atomic E-state index is -0.633. The van der Waals surface area contributed by atoms with Crippen molar-refractivity contribution in [1.82, 2.24) is 20.3 Å². The fourth-order valence-electron chi connectivity index (χ4n) is 3.11. The minimum Gasteiger partial charge on any atom is -0.364 e. The normalized spacial score (nSPS) is 16.2. The van der Waals surface area contributed by atoms with Gasteiger partial charge in [-0.1, -0.05) is 30.3 Å². The maximum absolute atomic E-state index is 12.6. The number of benzene rings is 1. The van der Waals surface area contributed by atoms with E-state index in [1.807, 2.05) is 35.2 Å². The van der Waals surface area contributed by atoms with Gasteiger partial charge in [-0.2, -0.15) is 0 Å². The lowest BCUT2D eigenvalue weighted by Gasteiger charge is -2.33. The van der Waals surface area contributed by atoms with Gasteiger partial charge in [-0.05, 0) is 24.5 Å². The van der Waals surface area contributed by atoms with E-state index in [1.54, 1.807) is 6.20 Å². The zero-order valence-corrected chi connectivity index (χ0v) is 16.6. The molecule has 0 spiro atoms. The van der Waals surface area contributed by atoms with Crippen LogP contribution in [0.15, 0.2) is 48.8 Å². The molecule has 2 aromatic rings. The molecule has 1 saturated heterocycles. The molecule has 1 aliphatic heterocycles. The first kappa shape index (κ1) is 22.3. The summed E-state index contributed by atoms with van der Waals surface area (Å²) in [7, 11) is 0. The average molecular weight is 418 g/mol. The topological polar surface area (TPSA) is 107 Å². The van der Waals surface area contributed by atoms with Crippen LogP contribution in [0.1, 0.15) is 24.1 Å². The Balaban J connectivity index is 0.00000300. The second kappa shape index (κ2) is 11.1. The standard InChI is InChI=1S/C20H23N5O3.ClH/c26-19(24-28)9-8-16-12-22-18(13-21-16)23-17-7-4-10-25(14-17)20(27)11-15-5-2-1-3-6-15;/h1-3,5-6,8-9,12-13,17,28H,4,7,10-11,14H2,(H,22,23)(H,24,26);1H/b9-8+;/t17-;/m1./s1. The molecular weight excluding hydrogens is 394 g/mol. The molecule has 1 aromatic heterocycles. The summed E-state index contributed by atoms with van der Waals surface area (Å²) in [5.41, 5.74) is 3.03. The number of likely N-dealkylation sites (tertiary alicyclic amines) is 1. The quantitative estimate of drug-likeness (QED) is 0.377. The average Bonchev–Trinajstić information content (AvgIpc) is 2.74. The molecule has 2 amide bonds. The number of carbonyl (C=O) groups is 2. The molecule has 8 nitrogen and oxygen atoms in total. The lowest BCUT2D eigenvalue weighted by Crippen LogP contribution is -2.45. The summed E-state index contributed by atoms with van der Waals surface area (Å²) >= 11 is 0. The zero-order valence-electron chi connectivity index (χ0n) is 15.8. The first-order valence-electron chi connectivity index (χ1n) is 9.16. The van der Waals surface area contributed by atoms with Gasteiger partial charge in [-0.3, -0.25) is 19.8 Å². The molecule has 1 fully saturated rings. The fourth-order valence-corrected chi connectivity index (χ4v) is 3.11. The summed E-state index contributed by atoms with van der Waals surface area (Å²) < 4.78 is 0. The smallest absolute Gasteiger partial charge is 0.267 e. The maximum Gasteiger partial charge on any atom is 0.267 e. The molecule has 3 rings (SSSR count). The zero-order chi connectivity index (χ0) is 19.8. The summed E-state index contributed by atoms with van der Waals surface area (Å²) in [5.74, 6) is 0.115. The number of halogens is 1. The third-order valence-electron chi connectivity index (χ3n) is 4.51. The highest BCUT2D eigenvalue weighted by Gasteiger charge is 2.23. The number of carbonyl (C=O) groups excluding carboxylic acids is 2.